The van der Waals surface area contributed by atoms with E-state index >= 15 is 0 Å². The zero-order chi connectivity index (χ0) is 17.6. The molecule has 0 bridgehead atoms. The van der Waals surface area contributed by atoms with E-state index in [4.69, 9.17) is 4.74 Å². The van der Waals surface area contributed by atoms with Crippen LogP contribution < -0.4 is 10.2 Å². The summed E-state index contributed by atoms with van der Waals surface area (Å²) in [5.74, 6) is 1.14. The normalized spacial score (nSPS) is 14.2. The number of hydrogen-bond acceptors (Lipinski definition) is 6. The molecular formula is C18H20N4O3. The third-order valence-electron chi connectivity index (χ3n) is 3.99. The van der Waals surface area contributed by atoms with Crippen molar-refractivity contribution in [3.05, 3.63) is 53.5 Å². The Morgan fingerprint density at radius 3 is 2.48 bits per heavy atom. The minimum atomic E-state index is -0.226. The predicted octanol–water partition coefficient (Wildman–Crippen LogP) is 1.45. The summed E-state index contributed by atoms with van der Waals surface area (Å²) in [4.78, 5) is 34.3. The van der Waals surface area contributed by atoms with Gasteiger partial charge >= 0.3 is 0 Å². The highest BCUT2D eigenvalue weighted by Crippen LogP contribution is 2.12. The molecule has 1 saturated heterocycles. The molecule has 2 heterocycles. The molecule has 1 amide bonds. The molecule has 0 unspecified atom stereocenters. The molecule has 2 aromatic rings. The molecule has 1 fully saturated rings. The summed E-state index contributed by atoms with van der Waals surface area (Å²) in [7, 11) is 0. The number of morpholine rings is 1. The topological polar surface area (TPSA) is 84.4 Å². The fourth-order valence-corrected chi connectivity index (χ4v) is 2.56. The van der Waals surface area contributed by atoms with Gasteiger partial charge in [0.15, 0.2) is 5.78 Å². The summed E-state index contributed by atoms with van der Waals surface area (Å²) in [6.07, 6.45) is 1.70. The summed E-state index contributed by atoms with van der Waals surface area (Å²) in [6, 6.07) is 8.42. The summed E-state index contributed by atoms with van der Waals surface area (Å²) in [5.41, 5.74) is 1.08. The Hall–Kier alpha value is -2.80. The van der Waals surface area contributed by atoms with Crippen molar-refractivity contribution in [3.63, 3.8) is 0 Å². The number of aromatic nitrogens is 2. The third kappa shape index (κ3) is 4.39. The van der Waals surface area contributed by atoms with Crippen LogP contribution in [0.5, 0.6) is 0 Å². The summed E-state index contributed by atoms with van der Waals surface area (Å²) in [5, 5.41) is 2.80. The molecule has 25 heavy (non-hydrogen) atoms. The molecule has 0 aliphatic carbocycles. The molecule has 1 aliphatic rings. The number of Topliss-reactive ketones (excluding diaryl/α,β-unsaturated/α-hetero) is 1. The number of rotatable bonds is 5. The van der Waals surface area contributed by atoms with Gasteiger partial charge in [-0.25, -0.2) is 9.97 Å². The maximum absolute atomic E-state index is 12.2. The number of carbonyl (C=O) groups excluding carboxylic acids is 2. The molecule has 7 nitrogen and oxygen atoms in total. The van der Waals surface area contributed by atoms with Gasteiger partial charge in [0, 0.05) is 30.4 Å². The van der Waals surface area contributed by atoms with Crippen LogP contribution in [0.2, 0.25) is 0 Å². The van der Waals surface area contributed by atoms with Crippen LogP contribution in [0.25, 0.3) is 0 Å². The first kappa shape index (κ1) is 17.0. The van der Waals surface area contributed by atoms with Gasteiger partial charge in [-0.2, -0.15) is 0 Å². The van der Waals surface area contributed by atoms with Gasteiger partial charge < -0.3 is 15.0 Å². The average Bonchev–Trinajstić information content (AvgIpc) is 2.67. The molecule has 1 aromatic carbocycles. The summed E-state index contributed by atoms with van der Waals surface area (Å²) in [6.45, 7) is 4.70. The summed E-state index contributed by atoms with van der Waals surface area (Å²) >= 11 is 0. The van der Waals surface area contributed by atoms with E-state index in [0.29, 0.717) is 30.2 Å². The van der Waals surface area contributed by atoms with Crippen LogP contribution in [0, 0.1) is 0 Å². The van der Waals surface area contributed by atoms with Crippen LogP contribution in [-0.2, 0) is 11.3 Å². The monoisotopic (exact) mass is 340 g/mol. The predicted molar refractivity (Wildman–Crippen MR) is 92.7 cm³/mol. The number of hydrogen-bond donors (Lipinski definition) is 1. The van der Waals surface area contributed by atoms with E-state index in [0.717, 1.165) is 18.9 Å². The largest absolute Gasteiger partial charge is 0.378 e. The standard InChI is InChI=1S/C18H20N4O3/c1-13(23)14-2-4-15(5-3-14)18(24)20-12-16-19-7-6-17(21-16)22-8-10-25-11-9-22/h2-7H,8-12H2,1H3,(H,20,24). The number of nitrogens with zero attached hydrogens (tertiary/aromatic N) is 3. The molecule has 1 aliphatic heterocycles. The molecule has 7 heteroatoms. The maximum atomic E-state index is 12.2. The van der Waals surface area contributed by atoms with Crippen molar-refractivity contribution < 1.29 is 14.3 Å². The number of benzene rings is 1. The van der Waals surface area contributed by atoms with Crippen LogP contribution in [-0.4, -0.2) is 48.0 Å². The summed E-state index contributed by atoms with van der Waals surface area (Å²) < 4.78 is 5.34. The minimum absolute atomic E-state index is 0.0275. The lowest BCUT2D eigenvalue weighted by atomic mass is 10.1. The van der Waals surface area contributed by atoms with Crippen LogP contribution in [0.3, 0.4) is 0 Å². The zero-order valence-corrected chi connectivity index (χ0v) is 14.1. The van der Waals surface area contributed by atoms with Gasteiger partial charge in [0.2, 0.25) is 0 Å². The molecule has 0 spiro atoms. The van der Waals surface area contributed by atoms with Crippen molar-refractivity contribution >= 4 is 17.5 Å². The van der Waals surface area contributed by atoms with Gasteiger partial charge in [0.05, 0.1) is 19.8 Å². The van der Waals surface area contributed by atoms with Crippen LogP contribution in [0.4, 0.5) is 5.82 Å². The average molecular weight is 340 g/mol. The first-order chi connectivity index (χ1) is 12.1. The fourth-order valence-electron chi connectivity index (χ4n) is 2.56. The second kappa shape index (κ2) is 7.85. The molecule has 130 valence electrons. The van der Waals surface area contributed by atoms with Gasteiger partial charge in [-0.05, 0) is 25.1 Å². The maximum Gasteiger partial charge on any atom is 0.251 e. The number of nitrogens with one attached hydrogen (secondary N) is 1. The Bertz CT molecular complexity index is 755. The van der Waals surface area contributed by atoms with E-state index in [1.807, 2.05) is 6.07 Å². The number of ether oxygens (including phenoxy) is 1. The van der Waals surface area contributed by atoms with E-state index in [9.17, 15) is 9.59 Å². The molecule has 1 N–H and O–H groups in total. The van der Waals surface area contributed by atoms with Crippen molar-refractivity contribution in [2.24, 2.45) is 0 Å². The van der Waals surface area contributed by atoms with Crippen molar-refractivity contribution in [1.29, 1.82) is 0 Å². The molecular weight excluding hydrogens is 320 g/mol. The zero-order valence-electron chi connectivity index (χ0n) is 14.1. The van der Waals surface area contributed by atoms with Gasteiger partial charge in [-0.3, -0.25) is 9.59 Å². The fraction of sp³-hybridized carbons (Fsp3) is 0.333. The Labute approximate surface area is 146 Å². The molecule has 0 atom stereocenters. The van der Waals surface area contributed by atoms with E-state index in [1.165, 1.54) is 6.92 Å². The SMILES string of the molecule is CC(=O)c1ccc(C(=O)NCc2nccc(N3CCOCC3)n2)cc1. The van der Waals surface area contributed by atoms with E-state index < -0.39 is 0 Å². The lowest BCUT2D eigenvalue weighted by molar-refractivity contribution is 0.0947. The minimum Gasteiger partial charge on any atom is -0.378 e. The van der Waals surface area contributed by atoms with Crippen molar-refractivity contribution in [1.82, 2.24) is 15.3 Å². The molecule has 0 radical (unpaired) electrons. The first-order valence-electron chi connectivity index (χ1n) is 8.17. The van der Waals surface area contributed by atoms with Crippen molar-refractivity contribution in [2.45, 2.75) is 13.5 Å². The van der Waals surface area contributed by atoms with Gasteiger partial charge in [0.25, 0.3) is 5.91 Å². The highest BCUT2D eigenvalue weighted by Gasteiger charge is 2.13. The van der Waals surface area contributed by atoms with Crippen LogP contribution in [0.15, 0.2) is 36.5 Å². The van der Waals surface area contributed by atoms with Crippen molar-refractivity contribution in [3.8, 4) is 0 Å². The van der Waals surface area contributed by atoms with E-state index in [2.05, 4.69) is 20.2 Å². The smallest absolute Gasteiger partial charge is 0.251 e. The second-order valence-corrected chi connectivity index (χ2v) is 5.75. The number of amides is 1. The third-order valence-corrected chi connectivity index (χ3v) is 3.99. The van der Waals surface area contributed by atoms with Crippen LogP contribution in [0.1, 0.15) is 33.5 Å². The Kier molecular flexibility index (Phi) is 5.35. The van der Waals surface area contributed by atoms with Crippen molar-refractivity contribution in [2.75, 3.05) is 31.2 Å². The number of carbonyl (C=O) groups is 2. The Morgan fingerprint density at radius 1 is 1.12 bits per heavy atom. The van der Waals surface area contributed by atoms with Crippen LogP contribution >= 0.6 is 0 Å². The lowest BCUT2D eigenvalue weighted by Gasteiger charge is -2.27. The first-order valence-corrected chi connectivity index (χ1v) is 8.17. The highest BCUT2D eigenvalue weighted by atomic mass is 16.5. The van der Waals surface area contributed by atoms with E-state index in [1.54, 1.807) is 30.5 Å². The molecule has 1 aromatic heterocycles. The van der Waals surface area contributed by atoms with Gasteiger partial charge in [-0.15, -0.1) is 0 Å². The Morgan fingerprint density at radius 2 is 1.80 bits per heavy atom. The lowest BCUT2D eigenvalue weighted by Crippen LogP contribution is -2.37. The van der Waals surface area contributed by atoms with Gasteiger partial charge in [-0.1, -0.05) is 12.1 Å². The van der Waals surface area contributed by atoms with E-state index in [-0.39, 0.29) is 18.2 Å². The number of ketones is 1. The number of anilines is 1. The highest BCUT2D eigenvalue weighted by molar-refractivity contribution is 5.97. The second-order valence-electron chi connectivity index (χ2n) is 5.75. The molecule has 0 saturated carbocycles. The molecule has 3 rings (SSSR count). The Balaban J connectivity index is 1.61. The van der Waals surface area contributed by atoms with Gasteiger partial charge in [0.1, 0.15) is 11.6 Å². The quantitative estimate of drug-likeness (QED) is 0.829.